The van der Waals surface area contributed by atoms with Crippen LogP contribution in [0.15, 0.2) is 18.2 Å². The van der Waals surface area contributed by atoms with Crippen molar-refractivity contribution in [3.63, 3.8) is 0 Å². The Balaban J connectivity index is 2.38. The molecule has 0 saturated heterocycles. The number of nitro groups is 1. The van der Waals surface area contributed by atoms with Crippen molar-refractivity contribution >= 4 is 23.0 Å². The summed E-state index contributed by atoms with van der Waals surface area (Å²) >= 11 is 5.95. The van der Waals surface area contributed by atoms with Crippen molar-refractivity contribution in [2.45, 2.75) is 20.4 Å². The molecule has 7 nitrogen and oxygen atoms in total. The maximum atomic E-state index is 11.3. The van der Waals surface area contributed by atoms with Gasteiger partial charge in [-0.25, -0.2) is 4.98 Å². The number of benzene rings is 1. The Hall–Kier alpha value is -2.54. The van der Waals surface area contributed by atoms with Crippen molar-refractivity contribution in [2.75, 3.05) is 19.5 Å². The van der Waals surface area contributed by atoms with Gasteiger partial charge in [-0.3, -0.25) is 10.1 Å². The van der Waals surface area contributed by atoms with E-state index in [0.29, 0.717) is 35.0 Å². The van der Waals surface area contributed by atoms with Gasteiger partial charge < -0.3 is 14.8 Å². The van der Waals surface area contributed by atoms with Crippen molar-refractivity contribution in [1.29, 1.82) is 0 Å². The average molecular weight is 352 g/mol. The molecular formula is C16H18ClN3O4. The summed E-state index contributed by atoms with van der Waals surface area (Å²) in [5.74, 6) is 1.29. The molecule has 0 fully saturated rings. The highest BCUT2D eigenvalue weighted by Gasteiger charge is 2.24. The number of rotatable bonds is 6. The maximum Gasteiger partial charge on any atom is 0.329 e. The van der Waals surface area contributed by atoms with E-state index in [4.69, 9.17) is 21.1 Å². The highest BCUT2D eigenvalue weighted by molar-refractivity contribution is 6.32. The highest BCUT2D eigenvalue weighted by Crippen LogP contribution is 2.36. The van der Waals surface area contributed by atoms with Crippen molar-refractivity contribution in [2.24, 2.45) is 0 Å². The van der Waals surface area contributed by atoms with E-state index in [9.17, 15) is 10.1 Å². The van der Waals surface area contributed by atoms with Crippen LogP contribution in [0.2, 0.25) is 5.15 Å². The first-order valence-electron chi connectivity index (χ1n) is 7.14. The lowest BCUT2D eigenvalue weighted by Crippen LogP contribution is -2.08. The summed E-state index contributed by atoms with van der Waals surface area (Å²) in [6.07, 6.45) is 0. The van der Waals surface area contributed by atoms with Crippen LogP contribution in [-0.4, -0.2) is 24.1 Å². The van der Waals surface area contributed by atoms with E-state index in [0.717, 1.165) is 5.56 Å². The molecule has 0 aliphatic rings. The molecule has 24 heavy (non-hydrogen) atoms. The fourth-order valence-corrected chi connectivity index (χ4v) is 2.60. The first kappa shape index (κ1) is 17.8. The summed E-state index contributed by atoms with van der Waals surface area (Å²) in [4.78, 5) is 14.8. The Morgan fingerprint density at radius 2 is 2.00 bits per heavy atom. The number of anilines is 1. The van der Waals surface area contributed by atoms with Crippen LogP contribution in [0.25, 0.3) is 0 Å². The van der Waals surface area contributed by atoms with Crippen LogP contribution >= 0.6 is 11.6 Å². The number of aromatic nitrogens is 1. The highest BCUT2D eigenvalue weighted by atomic mass is 35.5. The molecule has 1 aromatic carbocycles. The maximum absolute atomic E-state index is 11.3. The molecule has 0 saturated carbocycles. The van der Waals surface area contributed by atoms with Gasteiger partial charge in [-0.15, -0.1) is 0 Å². The van der Waals surface area contributed by atoms with Crippen molar-refractivity contribution in [3.05, 3.63) is 50.3 Å². The van der Waals surface area contributed by atoms with Gasteiger partial charge in [-0.2, -0.15) is 0 Å². The smallest absolute Gasteiger partial charge is 0.329 e. The lowest BCUT2D eigenvalue weighted by atomic mass is 10.1. The minimum Gasteiger partial charge on any atom is -0.497 e. The molecule has 1 heterocycles. The summed E-state index contributed by atoms with van der Waals surface area (Å²) < 4.78 is 10.5. The average Bonchev–Trinajstić information content (AvgIpc) is 2.56. The van der Waals surface area contributed by atoms with Crippen LogP contribution in [0.5, 0.6) is 11.5 Å². The fraction of sp³-hybridized carbons (Fsp3) is 0.312. The first-order chi connectivity index (χ1) is 11.4. The number of nitrogens with one attached hydrogen (secondary N) is 1. The summed E-state index contributed by atoms with van der Waals surface area (Å²) in [6, 6.07) is 5.39. The third-order valence-electron chi connectivity index (χ3n) is 3.75. The molecule has 8 heteroatoms. The van der Waals surface area contributed by atoms with Crippen molar-refractivity contribution in [1.82, 2.24) is 4.98 Å². The van der Waals surface area contributed by atoms with Gasteiger partial charge in [0.2, 0.25) is 5.15 Å². The third kappa shape index (κ3) is 3.51. The third-order valence-corrected chi connectivity index (χ3v) is 4.01. The van der Waals surface area contributed by atoms with Crippen LogP contribution in [0, 0.1) is 24.0 Å². The quantitative estimate of drug-likeness (QED) is 0.482. The Bertz CT molecular complexity index is 780. The molecule has 2 rings (SSSR count). The van der Waals surface area contributed by atoms with E-state index in [2.05, 4.69) is 10.3 Å². The summed E-state index contributed by atoms with van der Waals surface area (Å²) in [5, 5.41) is 14.3. The molecule has 0 atom stereocenters. The van der Waals surface area contributed by atoms with Crippen LogP contribution in [0.1, 0.15) is 16.8 Å². The lowest BCUT2D eigenvalue weighted by molar-refractivity contribution is -0.384. The second kappa shape index (κ2) is 7.35. The van der Waals surface area contributed by atoms with Gasteiger partial charge in [-0.05, 0) is 26.0 Å². The molecular weight excluding hydrogens is 334 g/mol. The number of nitrogens with zero attached hydrogens (tertiary/aromatic N) is 2. The predicted octanol–water partition coefficient (Wildman–Crippen LogP) is 3.89. The minimum atomic E-state index is -0.532. The van der Waals surface area contributed by atoms with Crippen LogP contribution in [0.3, 0.4) is 0 Å². The fourth-order valence-electron chi connectivity index (χ4n) is 2.31. The second-order valence-corrected chi connectivity index (χ2v) is 5.48. The van der Waals surface area contributed by atoms with Crippen LogP contribution < -0.4 is 14.8 Å². The van der Waals surface area contributed by atoms with Gasteiger partial charge in [0.15, 0.2) is 0 Å². The van der Waals surface area contributed by atoms with Gasteiger partial charge >= 0.3 is 5.69 Å². The normalized spacial score (nSPS) is 10.4. The standard InChI is InChI=1S/C16H18ClN3O4/c1-9-10(2)19-16(17)15(20(21)22)14(9)18-8-11-5-6-12(23-3)7-13(11)24-4/h5-7H,8H2,1-4H3,(H,18,19). The molecule has 0 spiro atoms. The Morgan fingerprint density at radius 3 is 2.58 bits per heavy atom. The summed E-state index contributed by atoms with van der Waals surface area (Å²) in [5.41, 5.74) is 2.27. The number of hydrogen-bond donors (Lipinski definition) is 1. The number of halogens is 1. The monoisotopic (exact) mass is 351 g/mol. The molecule has 128 valence electrons. The zero-order valence-electron chi connectivity index (χ0n) is 13.8. The second-order valence-electron chi connectivity index (χ2n) is 5.13. The molecule has 0 unspecified atom stereocenters. The van der Waals surface area contributed by atoms with E-state index in [-0.39, 0.29) is 10.8 Å². The van der Waals surface area contributed by atoms with Crippen LogP contribution in [0.4, 0.5) is 11.4 Å². The number of methoxy groups -OCH3 is 2. The molecule has 0 radical (unpaired) electrons. The number of pyridine rings is 1. The Labute approximate surface area is 144 Å². The molecule has 0 aliphatic heterocycles. The Morgan fingerprint density at radius 1 is 1.29 bits per heavy atom. The van der Waals surface area contributed by atoms with Gasteiger partial charge in [-0.1, -0.05) is 11.6 Å². The first-order valence-corrected chi connectivity index (χ1v) is 7.52. The van der Waals surface area contributed by atoms with Gasteiger partial charge in [0.1, 0.15) is 17.2 Å². The van der Waals surface area contributed by atoms with E-state index < -0.39 is 4.92 Å². The van der Waals surface area contributed by atoms with Crippen molar-refractivity contribution < 1.29 is 14.4 Å². The SMILES string of the molecule is COc1ccc(CNc2c(C)c(C)nc(Cl)c2[N+](=O)[O-])c(OC)c1. The largest absolute Gasteiger partial charge is 0.497 e. The predicted molar refractivity (Wildman–Crippen MR) is 92.2 cm³/mol. The van der Waals surface area contributed by atoms with E-state index >= 15 is 0 Å². The van der Waals surface area contributed by atoms with E-state index in [1.807, 2.05) is 6.07 Å². The number of ether oxygens (including phenoxy) is 2. The number of aryl methyl sites for hydroxylation is 1. The van der Waals surface area contributed by atoms with Crippen molar-refractivity contribution in [3.8, 4) is 11.5 Å². The van der Waals surface area contributed by atoms with Gasteiger partial charge in [0.05, 0.1) is 19.1 Å². The summed E-state index contributed by atoms with van der Waals surface area (Å²) in [7, 11) is 3.13. The molecule has 1 N–H and O–H groups in total. The molecule has 0 bridgehead atoms. The minimum absolute atomic E-state index is 0.132. The molecule has 0 aliphatic carbocycles. The zero-order valence-corrected chi connectivity index (χ0v) is 14.6. The molecule has 1 aromatic heterocycles. The van der Waals surface area contributed by atoms with Crippen LogP contribution in [-0.2, 0) is 6.54 Å². The number of hydrogen-bond acceptors (Lipinski definition) is 6. The molecule has 0 amide bonds. The van der Waals surface area contributed by atoms with Gasteiger partial charge in [0.25, 0.3) is 0 Å². The van der Waals surface area contributed by atoms with E-state index in [1.165, 1.54) is 0 Å². The zero-order chi connectivity index (χ0) is 17.9. The lowest BCUT2D eigenvalue weighted by Gasteiger charge is -2.15. The summed E-state index contributed by atoms with van der Waals surface area (Å²) in [6.45, 7) is 3.85. The van der Waals surface area contributed by atoms with Gasteiger partial charge in [0, 0.05) is 29.4 Å². The Kier molecular flexibility index (Phi) is 5.46. The topological polar surface area (TPSA) is 86.5 Å². The van der Waals surface area contributed by atoms with E-state index in [1.54, 1.807) is 40.2 Å². The molecule has 2 aromatic rings.